The van der Waals surface area contributed by atoms with E-state index in [1.165, 1.54) is 0 Å². The normalized spacial score (nSPS) is 28.1. The van der Waals surface area contributed by atoms with Crippen LogP contribution < -0.4 is 9.64 Å². The summed E-state index contributed by atoms with van der Waals surface area (Å²) >= 11 is 1.59. The zero-order valence-electron chi connectivity index (χ0n) is 22.2. The maximum absolute atomic E-state index is 14.5. The second-order valence-corrected chi connectivity index (χ2v) is 11.7. The highest BCUT2D eigenvalue weighted by atomic mass is 32.2. The van der Waals surface area contributed by atoms with Crippen LogP contribution >= 0.6 is 11.8 Å². The van der Waals surface area contributed by atoms with Crippen molar-refractivity contribution in [2.75, 3.05) is 31.8 Å². The molecule has 6 atom stereocenters. The number of likely N-dealkylation sites (tertiary alicyclic amines) is 1. The Morgan fingerprint density at radius 3 is 2.63 bits per heavy atom. The van der Waals surface area contributed by atoms with Crippen LogP contribution in [0.1, 0.15) is 39.0 Å². The van der Waals surface area contributed by atoms with Crippen molar-refractivity contribution in [3.8, 4) is 5.75 Å². The van der Waals surface area contributed by atoms with Gasteiger partial charge in [-0.3, -0.25) is 14.4 Å². The van der Waals surface area contributed by atoms with E-state index in [9.17, 15) is 19.5 Å². The van der Waals surface area contributed by atoms with Gasteiger partial charge in [-0.25, -0.2) is 0 Å². The fraction of sp³-hybridized carbons (Fsp3) is 0.552. The van der Waals surface area contributed by atoms with Crippen LogP contribution in [0.5, 0.6) is 5.75 Å². The average molecular weight is 543 g/mol. The fourth-order valence-electron chi connectivity index (χ4n) is 6.30. The van der Waals surface area contributed by atoms with E-state index < -0.39 is 28.7 Å². The second-order valence-electron chi connectivity index (χ2n) is 10.1. The lowest BCUT2D eigenvalue weighted by Crippen LogP contribution is -2.57. The van der Waals surface area contributed by atoms with Gasteiger partial charge in [0.05, 0.1) is 42.9 Å². The molecule has 1 spiro atoms. The lowest BCUT2D eigenvalue weighted by Gasteiger charge is -2.39. The third kappa shape index (κ3) is 4.75. The predicted molar refractivity (Wildman–Crippen MR) is 148 cm³/mol. The van der Waals surface area contributed by atoms with E-state index in [4.69, 9.17) is 9.47 Å². The van der Waals surface area contributed by atoms with Gasteiger partial charge in [0.15, 0.2) is 0 Å². The van der Waals surface area contributed by atoms with Gasteiger partial charge in [0.1, 0.15) is 11.8 Å². The number of carbonyl (C=O) groups is 3. The van der Waals surface area contributed by atoms with Crippen LogP contribution in [0.15, 0.2) is 49.6 Å². The highest BCUT2D eigenvalue weighted by Crippen LogP contribution is 2.67. The van der Waals surface area contributed by atoms with E-state index in [0.717, 1.165) is 12.8 Å². The topological polar surface area (TPSA) is 96.4 Å². The van der Waals surface area contributed by atoms with Gasteiger partial charge >= 0.3 is 5.97 Å². The van der Waals surface area contributed by atoms with Crippen molar-refractivity contribution in [3.05, 3.63) is 49.6 Å². The molecule has 3 heterocycles. The number of thioether (sulfide) groups is 1. The first-order valence-corrected chi connectivity index (χ1v) is 14.2. The average Bonchev–Trinajstić information content (AvgIpc) is 3.58. The number of amides is 2. The second kappa shape index (κ2) is 11.9. The number of hydrogen-bond acceptors (Lipinski definition) is 7. The predicted octanol–water partition coefficient (Wildman–Crippen LogP) is 3.59. The number of nitrogens with zero attached hydrogens (tertiary/aromatic N) is 2. The fourth-order valence-corrected chi connectivity index (χ4v) is 8.49. The standard InChI is InChI=1S/C29H38N2O6S/c1-5-8-9-17-37-28(35)23-22-14-15-29(38-22)24(23)26(33)31(19(7-3)18-32)25(29)27(34)30(16-6-2)20-10-12-21(36-4)13-11-20/h5-6,10-13,19,22-25,32H,1-2,7-9,14-18H2,3-4H3/t19-,22+,23-,24-,25?,29?/m0/s1. The number of allylic oxidation sites excluding steroid dienone is 1. The molecule has 2 bridgehead atoms. The number of benzene rings is 1. The summed E-state index contributed by atoms with van der Waals surface area (Å²) in [7, 11) is 1.58. The number of anilines is 1. The van der Waals surface area contributed by atoms with Crippen LogP contribution in [0.25, 0.3) is 0 Å². The minimum absolute atomic E-state index is 0.0728. The minimum Gasteiger partial charge on any atom is -0.497 e. The van der Waals surface area contributed by atoms with Crippen molar-refractivity contribution in [2.45, 2.75) is 61.1 Å². The zero-order chi connectivity index (χ0) is 27.4. The van der Waals surface area contributed by atoms with E-state index in [-0.39, 0.29) is 42.8 Å². The Hall–Kier alpha value is -2.78. The molecule has 1 aromatic rings. The van der Waals surface area contributed by atoms with Crippen molar-refractivity contribution < 1.29 is 29.0 Å². The van der Waals surface area contributed by atoms with Crippen molar-refractivity contribution in [2.24, 2.45) is 11.8 Å². The third-order valence-corrected chi connectivity index (χ3v) is 10.0. The lowest BCUT2D eigenvalue weighted by molar-refractivity contribution is -0.154. The van der Waals surface area contributed by atoms with Gasteiger partial charge in [-0.15, -0.1) is 24.9 Å². The molecular formula is C29H38N2O6S. The first-order chi connectivity index (χ1) is 18.4. The van der Waals surface area contributed by atoms with Crippen LogP contribution in [0.3, 0.4) is 0 Å². The van der Waals surface area contributed by atoms with Gasteiger partial charge in [-0.1, -0.05) is 19.1 Å². The van der Waals surface area contributed by atoms with E-state index in [0.29, 0.717) is 30.7 Å². The van der Waals surface area contributed by atoms with Gasteiger partial charge in [-0.05, 0) is 56.4 Å². The summed E-state index contributed by atoms with van der Waals surface area (Å²) in [4.78, 5) is 45.1. The van der Waals surface area contributed by atoms with Gasteiger partial charge in [0.25, 0.3) is 5.91 Å². The highest BCUT2D eigenvalue weighted by Gasteiger charge is 2.74. The molecule has 3 saturated heterocycles. The van der Waals surface area contributed by atoms with E-state index in [1.54, 1.807) is 53.0 Å². The number of esters is 1. The molecule has 0 radical (unpaired) electrons. The molecule has 2 amide bonds. The Morgan fingerprint density at radius 1 is 1.29 bits per heavy atom. The summed E-state index contributed by atoms with van der Waals surface area (Å²) in [6.45, 7) is 9.71. The van der Waals surface area contributed by atoms with Gasteiger partial charge < -0.3 is 24.4 Å². The molecule has 0 aliphatic carbocycles. The Kier molecular flexibility index (Phi) is 8.88. The van der Waals surface area contributed by atoms with E-state index >= 15 is 0 Å². The summed E-state index contributed by atoms with van der Waals surface area (Å²) in [5, 5.41) is 10.2. The van der Waals surface area contributed by atoms with Crippen LogP contribution in [0.4, 0.5) is 5.69 Å². The third-order valence-electron chi connectivity index (χ3n) is 8.08. The number of unbranched alkanes of at least 4 members (excludes halogenated alkanes) is 1. The number of rotatable bonds is 13. The first-order valence-electron chi connectivity index (χ1n) is 13.3. The molecule has 3 aliphatic rings. The Labute approximate surface area is 229 Å². The molecule has 9 heteroatoms. The summed E-state index contributed by atoms with van der Waals surface area (Å²) in [5.41, 5.74) is 0.663. The molecular weight excluding hydrogens is 504 g/mol. The molecule has 2 unspecified atom stereocenters. The maximum atomic E-state index is 14.5. The molecule has 1 aromatic carbocycles. The van der Waals surface area contributed by atoms with E-state index in [1.807, 2.05) is 19.1 Å². The zero-order valence-corrected chi connectivity index (χ0v) is 23.0. The smallest absolute Gasteiger partial charge is 0.310 e. The number of methoxy groups -OCH3 is 1. The largest absolute Gasteiger partial charge is 0.497 e. The number of ether oxygens (including phenoxy) is 2. The van der Waals surface area contributed by atoms with Crippen molar-refractivity contribution in [1.82, 2.24) is 4.90 Å². The summed E-state index contributed by atoms with van der Waals surface area (Å²) in [6, 6.07) is 5.85. The summed E-state index contributed by atoms with van der Waals surface area (Å²) < 4.78 is 10.1. The monoisotopic (exact) mass is 542 g/mol. The van der Waals surface area contributed by atoms with Crippen LogP contribution in [-0.4, -0.2) is 76.7 Å². The quantitative estimate of drug-likeness (QED) is 0.231. The van der Waals surface area contributed by atoms with Crippen molar-refractivity contribution >= 4 is 35.2 Å². The molecule has 206 valence electrons. The molecule has 4 rings (SSSR count). The highest BCUT2D eigenvalue weighted by molar-refractivity contribution is 8.02. The molecule has 1 N–H and O–H groups in total. The molecule has 3 fully saturated rings. The number of aliphatic hydroxyl groups is 1. The first kappa shape index (κ1) is 28.2. The molecule has 0 aromatic heterocycles. The Morgan fingerprint density at radius 2 is 2.03 bits per heavy atom. The Balaban J connectivity index is 1.72. The molecule has 38 heavy (non-hydrogen) atoms. The lowest BCUT2D eigenvalue weighted by atomic mass is 9.71. The van der Waals surface area contributed by atoms with Crippen molar-refractivity contribution in [1.29, 1.82) is 0 Å². The number of fused-ring (bicyclic) bond motifs is 1. The van der Waals surface area contributed by atoms with Gasteiger partial charge in [0.2, 0.25) is 5.91 Å². The Bertz CT molecular complexity index is 1060. The van der Waals surface area contributed by atoms with Crippen molar-refractivity contribution in [3.63, 3.8) is 0 Å². The summed E-state index contributed by atoms with van der Waals surface area (Å²) in [6.07, 6.45) is 6.73. The molecule has 8 nitrogen and oxygen atoms in total. The summed E-state index contributed by atoms with van der Waals surface area (Å²) in [5.74, 6) is -1.42. The van der Waals surface area contributed by atoms with E-state index in [2.05, 4.69) is 13.2 Å². The molecule has 0 saturated carbocycles. The van der Waals surface area contributed by atoms with Crippen LogP contribution in [0.2, 0.25) is 0 Å². The van der Waals surface area contributed by atoms with Crippen LogP contribution in [0, 0.1) is 11.8 Å². The number of aliphatic hydroxyl groups excluding tert-OH is 1. The molecule has 3 aliphatic heterocycles. The van der Waals surface area contributed by atoms with Gasteiger partial charge in [0, 0.05) is 17.5 Å². The van der Waals surface area contributed by atoms with Crippen LogP contribution in [-0.2, 0) is 19.1 Å². The number of hydrogen-bond donors (Lipinski definition) is 1. The van der Waals surface area contributed by atoms with Gasteiger partial charge in [-0.2, -0.15) is 0 Å². The SMILES string of the molecule is C=CCCCOC(=O)[C@@H]1[C@H]2C(=O)N([C@@H](CC)CO)C(C(=O)N(CC=C)c3ccc(OC)cc3)C23CC[C@H]1S3. The maximum Gasteiger partial charge on any atom is 0.310 e. The number of carbonyl (C=O) groups excluding carboxylic acids is 3. The minimum atomic E-state index is -0.812.